The predicted octanol–water partition coefficient (Wildman–Crippen LogP) is 1.53. The molecule has 104 valence electrons. The maximum Gasteiger partial charge on any atom is 0.256 e. The Kier molecular flexibility index (Phi) is 4.27. The molecule has 1 aromatic rings. The normalized spacial score (nSPS) is 19.3. The topological polar surface area (TPSA) is 64.8 Å². The molecule has 5 nitrogen and oxygen atoms in total. The molecule has 1 fully saturated rings. The van der Waals surface area contributed by atoms with Crippen LogP contribution in [0.2, 0.25) is 0 Å². The minimum absolute atomic E-state index is 0.0573. The van der Waals surface area contributed by atoms with Gasteiger partial charge in [0.1, 0.15) is 5.75 Å². The second-order valence-electron chi connectivity index (χ2n) is 4.61. The van der Waals surface area contributed by atoms with Gasteiger partial charge in [0.2, 0.25) is 0 Å². The van der Waals surface area contributed by atoms with Crippen LogP contribution >= 0.6 is 0 Å². The lowest BCUT2D eigenvalue weighted by molar-refractivity contribution is -0.0226. The van der Waals surface area contributed by atoms with Crippen LogP contribution in [-0.2, 0) is 4.74 Å². The van der Waals surface area contributed by atoms with Gasteiger partial charge in [-0.15, -0.1) is 0 Å². The van der Waals surface area contributed by atoms with E-state index in [1.165, 1.54) is 0 Å². The van der Waals surface area contributed by atoms with Gasteiger partial charge in [0.25, 0.3) is 5.91 Å². The van der Waals surface area contributed by atoms with Gasteiger partial charge in [-0.3, -0.25) is 4.79 Å². The minimum Gasteiger partial charge on any atom is -0.497 e. The molecule has 2 N–H and O–H groups in total. The van der Waals surface area contributed by atoms with Crippen molar-refractivity contribution in [3.8, 4) is 5.75 Å². The molecule has 1 aliphatic heterocycles. The lowest BCUT2D eigenvalue weighted by Crippen LogP contribution is -2.45. The van der Waals surface area contributed by atoms with Gasteiger partial charge in [-0.25, -0.2) is 0 Å². The van der Waals surface area contributed by atoms with E-state index in [9.17, 15) is 4.79 Å². The largest absolute Gasteiger partial charge is 0.497 e. The molecular weight excluding hydrogens is 244 g/mol. The Labute approximate surface area is 113 Å². The van der Waals surface area contributed by atoms with Crippen LogP contribution in [0.3, 0.4) is 0 Å². The first-order chi connectivity index (χ1) is 9.15. The Balaban J connectivity index is 2.18. The first-order valence-corrected chi connectivity index (χ1v) is 6.50. The molecule has 1 unspecified atom stereocenters. The Morgan fingerprint density at radius 3 is 3.05 bits per heavy atom. The third kappa shape index (κ3) is 2.98. The monoisotopic (exact) mass is 264 g/mol. The van der Waals surface area contributed by atoms with Crippen LogP contribution in [0.5, 0.6) is 5.75 Å². The molecule has 19 heavy (non-hydrogen) atoms. The van der Waals surface area contributed by atoms with Gasteiger partial charge in [0.05, 0.1) is 25.4 Å². The number of amides is 1. The van der Waals surface area contributed by atoms with Gasteiger partial charge in [-0.2, -0.15) is 0 Å². The van der Waals surface area contributed by atoms with E-state index in [-0.39, 0.29) is 12.0 Å². The van der Waals surface area contributed by atoms with Gasteiger partial charge in [-0.05, 0) is 24.6 Å². The number of carbonyl (C=O) groups is 1. The van der Waals surface area contributed by atoms with E-state index in [0.717, 1.165) is 6.42 Å². The van der Waals surface area contributed by atoms with Crippen molar-refractivity contribution in [3.05, 3.63) is 23.8 Å². The van der Waals surface area contributed by atoms with Gasteiger partial charge < -0.3 is 20.1 Å². The molecule has 1 aromatic carbocycles. The van der Waals surface area contributed by atoms with Crippen molar-refractivity contribution >= 4 is 11.6 Å². The summed E-state index contributed by atoms with van der Waals surface area (Å²) in [5.74, 6) is 0.580. The molecule has 1 heterocycles. The molecular formula is C14H20N2O3. The Bertz CT molecular complexity index is 462. The highest BCUT2D eigenvalue weighted by Gasteiger charge is 2.25. The van der Waals surface area contributed by atoms with Crippen molar-refractivity contribution in [2.75, 3.05) is 32.5 Å². The van der Waals surface area contributed by atoms with Crippen LogP contribution in [0, 0.1) is 0 Å². The number of ether oxygens (including phenoxy) is 2. The van der Waals surface area contributed by atoms with E-state index in [0.29, 0.717) is 36.7 Å². The predicted molar refractivity (Wildman–Crippen MR) is 73.3 cm³/mol. The summed E-state index contributed by atoms with van der Waals surface area (Å²) in [4.78, 5) is 14.3. The van der Waals surface area contributed by atoms with E-state index in [2.05, 4.69) is 6.92 Å². The summed E-state index contributed by atoms with van der Waals surface area (Å²) in [5.41, 5.74) is 6.86. The second kappa shape index (κ2) is 5.93. The smallest absolute Gasteiger partial charge is 0.256 e. The maximum absolute atomic E-state index is 12.5. The van der Waals surface area contributed by atoms with E-state index in [1.807, 2.05) is 0 Å². The molecule has 1 amide bonds. The van der Waals surface area contributed by atoms with Crippen LogP contribution in [0.1, 0.15) is 23.7 Å². The Hall–Kier alpha value is -1.75. The molecule has 0 aliphatic carbocycles. The number of carbonyl (C=O) groups excluding carboxylic acids is 1. The van der Waals surface area contributed by atoms with Crippen LogP contribution in [-0.4, -0.2) is 43.7 Å². The summed E-state index contributed by atoms with van der Waals surface area (Å²) < 4.78 is 10.7. The first-order valence-electron chi connectivity index (χ1n) is 6.50. The number of anilines is 1. The average molecular weight is 264 g/mol. The van der Waals surface area contributed by atoms with Gasteiger partial charge in [-0.1, -0.05) is 6.92 Å². The number of methoxy groups -OCH3 is 1. The molecule has 1 aliphatic rings. The molecule has 2 rings (SSSR count). The minimum atomic E-state index is -0.0573. The zero-order valence-electron chi connectivity index (χ0n) is 11.4. The number of hydrogen-bond acceptors (Lipinski definition) is 4. The van der Waals surface area contributed by atoms with Crippen LogP contribution in [0.15, 0.2) is 18.2 Å². The summed E-state index contributed by atoms with van der Waals surface area (Å²) in [5, 5.41) is 0. The highest BCUT2D eigenvalue weighted by atomic mass is 16.5. The molecule has 1 saturated heterocycles. The van der Waals surface area contributed by atoms with Gasteiger partial charge in [0.15, 0.2) is 0 Å². The molecule has 0 bridgehead atoms. The van der Waals surface area contributed by atoms with Crippen LogP contribution in [0.4, 0.5) is 5.69 Å². The lowest BCUT2D eigenvalue weighted by atomic mass is 10.1. The van der Waals surface area contributed by atoms with Crippen molar-refractivity contribution < 1.29 is 14.3 Å². The second-order valence-corrected chi connectivity index (χ2v) is 4.61. The number of rotatable bonds is 3. The van der Waals surface area contributed by atoms with Gasteiger partial charge >= 0.3 is 0 Å². The van der Waals surface area contributed by atoms with E-state index in [4.69, 9.17) is 15.2 Å². The van der Waals surface area contributed by atoms with Crippen LogP contribution < -0.4 is 10.5 Å². The average Bonchev–Trinajstić information content (AvgIpc) is 2.47. The number of nitrogens with zero attached hydrogens (tertiary/aromatic N) is 1. The quantitative estimate of drug-likeness (QED) is 0.841. The summed E-state index contributed by atoms with van der Waals surface area (Å²) in [6.45, 7) is 3.85. The summed E-state index contributed by atoms with van der Waals surface area (Å²) in [6.07, 6.45) is 1.02. The number of nitrogens with two attached hydrogens (primary N) is 1. The van der Waals surface area contributed by atoms with Crippen molar-refractivity contribution in [2.45, 2.75) is 19.4 Å². The van der Waals surface area contributed by atoms with E-state index < -0.39 is 0 Å². The maximum atomic E-state index is 12.5. The molecule has 0 aromatic heterocycles. The standard InChI is InChI=1S/C14H20N2O3/c1-3-10-9-16(6-7-19-10)14(17)12-8-11(18-2)4-5-13(12)15/h4-5,8,10H,3,6-7,9,15H2,1-2H3. The van der Waals surface area contributed by atoms with Gasteiger partial charge in [0, 0.05) is 18.8 Å². The van der Waals surface area contributed by atoms with Crippen molar-refractivity contribution in [3.63, 3.8) is 0 Å². The molecule has 5 heteroatoms. The summed E-state index contributed by atoms with van der Waals surface area (Å²) >= 11 is 0. The molecule has 0 radical (unpaired) electrons. The third-order valence-corrected chi connectivity index (χ3v) is 3.37. The number of hydrogen-bond donors (Lipinski definition) is 1. The van der Waals surface area contributed by atoms with E-state index in [1.54, 1.807) is 30.2 Å². The van der Waals surface area contributed by atoms with Crippen LogP contribution in [0.25, 0.3) is 0 Å². The first kappa shape index (κ1) is 13.7. The summed E-state index contributed by atoms with van der Waals surface area (Å²) in [6, 6.07) is 5.14. The fourth-order valence-electron chi connectivity index (χ4n) is 2.17. The fourth-order valence-corrected chi connectivity index (χ4v) is 2.17. The Morgan fingerprint density at radius 1 is 1.58 bits per heavy atom. The zero-order valence-corrected chi connectivity index (χ0v) is 11.4. The summed E-state index contributed by atoms with van der Waals surface area (Å²) in [7, 11) is 1.57. The zero-order chi connectivity index (χ0) is 13.8. The van der Waals surface area contributed by atoms with Crippen molar-refractivity contribution in [1.82, 2.24) is 4.90 Å². The highest BCUT2D eigenvalue weighted by molar-refractivity contribution is 5.99. The molecule has 0 spiro atoms. The van der Waals surface area contributed by atoms with Crippen molar-refractivity contribution in [2.24, 2.45) is 0 Å². The number of morpholine rings is 1. The number of benzene rings is 1. The molecule has 0 saturated carbocycles. The molecule has 1 atom stereocenters. The van der Waals surface area contributed by atoms with E-state index >= 15 is 0 Å². The lowest BCUT2D eigenvalue weighted by Gasteiger charge is -2.32. The SMILES string of the molecule is CCC1CN(C(=O)c2cc(OC)ccc2N)CCO1. The fraction of sp³-hybridized carbons (Fsp3) is 0.500. The number of nitrogen functional groups attached to an aromatic ring is 1. The van der Waals surface area contributed by atoms with Crippen molar-refractivity contribution in [1.29, 1.82) is 0 Å². The third-order valence-electron chi connectivity index (χ3n) is 3.37. The highest BCUT2D eigenvalue weighted by Crippen LogP contribution is 2.22. The Morgan fingerprint density at radius 2 is 2.37 bits per heavy atom.